The molecule has 4 nitrogen and oxygen atoms in total. The van der Waals surface area contributed by atoms with Gasteiger partial charge in [-0.1, -0.05) is 11.6 Å². The maximum absolute atomic E-state index is 6.30. The van der Waals surface area contributed by atoms with Crippen LogP contribution in [0.1, 0.15) is 24.6 Å². The molecule has 0 spiro atoms. The largest absolute Gasteiger partial charge is 0.497 e. The van der Waals surface area contributed by atoms with E-state index in [0.717, 1.165) is 30.1 Å². The quantitative estimate of drug-likeness (QED) is 0.937. The predicted octanol–water partition coefficient (Wildman–Crippen LogP) is 2.96. The molecule has 2 aromatic rings. The fourth-order valence-corrected chi connectivity index (χ4v) is 2.71. The van der Waals surface area contributed by atoms with Crippen LogP contribution in [0.25, 0.3) is 5.69 Å². The van der Waals surface area contributed by atoms with Crippen LogP contribution in [0.3, 0.4) is 0 Å². The van der Waals surface area contributed by atoms with Crippen LogP contribution in [0.4, 0.5) is 0 Å². The zero-order valence-corrected chi connectivity index (χ0v) is 11.5. The van der Waals surface area contributed by atoms with Crippen LogP contribution in [-0.4, -0.2) is 23.2 Å². The minimum atomic E-state index is 0.352. The summed E-state index contributed by atoms with van der Waals surface area (Å²) in [5.74, 6) is 0.790. The second-order valence-electron chi connectivity index (χ2n) is 4.65. The normalized spacial score (nSPS) is 18.7. The number of nitrogens with zero attached hydrogens (tertiary/aromatic N) is 2. The van der Waals surface area contributed by atoms with Gasteiger partial charge in [0.05, 0.1) is 36.0 Å². The lowest BCUT2D eigenvalue weighted by Crippen LogP contribution is -2.16. The first-order chi connectivity index (χ1) is 9.29. The Bertz CT molecular complexity index is 576. The minimum absolute atomic E-state index is 0.352. The predicted molar refractivity (Wildman–Crippen MR) is 75.1 cm³/mol. The molecule has 1 aromatic heterocycles. The minimum Gasteiger partial charge on any atom is -0.497 e. The van der Waals surface area contributed by atoms with E-state index >= 15 is 0 Å². The van der Waals surface area contributed by atoms with Gasteiger partial charge in [0.15, 0.2) is 0 Å². The third kappa shape index (κ3) is 2.33. The average Bonchev–Trinajstić information content (AvgIpc) is 3.09. The number of nitrogens with one attached hydrogen (secondary N) is 1. The highest BCUT2D eigenvalue weighted by Crippen LogP contribution is 2.30. The van der Waals surface area contributed by atoms with E-state index in [4.69, 9.17) is 16.3 Å². The second kappa shape index (κ2) is 5.23. The zero-order chi connectivity index (χ0) is 13.2. The highest BCUT2D eigenvalue weighted by molar-refractivity contribution is 6.32. The lowest BCUT2D eigenvalue weighted by atomic mass is 10.1. The second-order valence-corrected chi connectivity index (χ2v) is 5.06. The van der Waals surface area contributed by atoms with Crippen LogP contribution in [0.5, 0.6) is 5.75 Å². The van der Waals surface area contributed by atoms with Gasteiger partial charge in [-0.3, -0.25) is 0 Å². The summed E-state index contributed by atoms with van der Waals surface area (Å²) in [5.41, 5.74) is 2.05. The van der Waals surface area contributed by atoms with Crippen molar-refractivity contribution in [3.63, 3.8) is 0 Å². The van der Waals surface area contributed by atoms with Gasteiger partial charge in [0, 0.05) is 12.1 Å². The number of hydrogen-bond donors (Lipinski definition) is 1. The van der Waals surface area contributed by atoms with Gasteiger partial charge >= 0.3 is 0 Å². The standard InChI is InChI=1S/C14H16ClN3O/c1-19-10-4-5-11(15)13(7-10)18-9-16-8-14(18)12-3-2-6-17-12/h4-5,7-9,12,17H,2-3,6H2,1H3. The Labute approximate surface area is 117 Å². The van der Waals surface area contributed by atoms with E-state index in [1.807, 2.05) is 29.0 Å². The molecule has 1 aliphatic heterocycles. The van der Waals surface area contributed by atoms with Gasteiger partial charge in [0.1, 0.15) is 5.75 Å². The molecule has 0 amide bonds. The molecule has 2 heterocycles. The van der Waals surface area contributed by atoms with E-state index in [0.29, 0.717) is 11.1 Å². The average molecular weight is 278 g/mol. The molecule has 0 saturated carbocycles. The van der Waals surface area contributed by atoms with Gasteiger partial charge in [-0.15, -0.1) is 0 Å². The maximum atomic E-state index is 6.30. The monoisotopic (exact) mass is 277 g/mol. The maximum Gasteiger partial charge on any atom is 0.121 e. The van der Waals surface area contributed by atoms with E-state index in [2.05, 4.69) is 10.3 Å². The molecule has 1 saturated heterocycles. The third-order valence-corrected chi connectivity index (χ3v) is 3.82. The van der Waals surface area contributed by atoms with Crippen molar-refractivity contribution in [2.75, 3.05) is 13.7 Å². The summed E-state index contributed by atoms with van der Waals surface area (Å²) in [6.45, 7) is 1.06. The molecule has 1 aliphatic rings. The van der Waals surface area contributed by atoms with E-state index in [1.54, 1.807) is 13.4 Å². The molecule has 100 valence electrons. The lowest BCUT2D eigenvalue weighted by Gasteiger charge is -2.15. The number of ether oxygens (including phenoxy) is 1. The highest BCUT2D eigenvalue weighted by atomic mass is 35.5. The number of halogens is 1. The summed E-state index contributed by atoms with van der Waals surface area (Å²) in [7, 11) is 1.65. The molecular weight excluding hydrogens is 262 g/mol. The molecule has 3 rings (SSSR count). The van der Waals surface area contributed by atoms with Gasteiger partial charge in [-0.05, 0) is 31.5 Å². The van der Waals surface area contributed by atoms with Crippen molar-refractivity contribution in [1.29, 1.82) is 0 Å². The molecular formula is C14H16ClN3O. The SMILES string of the molecule is COc1ccc(Cl)c(-n2cncc2C2CCCN2)c1. The Morgan fingerprint density at radius 2 is 2.37 bits per heavy atom. The molecule has 0 bridgehead atoms. The Kier molecular flexibility index (Phi) is 3.44. The number of hydrogen-bond acceptors (Lipinski definition) is 3. The summed E-state index contributed by atoms with van der Waals surface area (Å²) in [6.07, 6.45) is 6.03. The Morgan fingerprint density at radius 1 is 1.47 bits per heavy atom. The van der Waals surface area contributed by atoms with Crippen LogP contribution in [-0.2, 0) is 0 Å². The smallest absolute Gasteiger partial charge is 0.121 e. The molecule has 1 unspecified atom stereocenters. The van der Waals surface area contributed by atoms with Gasteiger partial charge < -0.3 is 14.6 Å². The first kappa shape index (κ1) is 12.5. The van der Waals surface area contributed by atoms with Crippen LogP contribution in [0, 0.1) is 0 Å². The van der Waals surface area contributed by atoms with Crippen LogP contribution in [0.2, 0.25) is 5.02 Å². The van der Waals surface area contributed by atoms with Crippen LogP contribution in [0.15, 0.2) is 30.7 Å². The van der Waals surface area contributed by atoms with E-state index < -0.39 is 0 Å². The number of methoxy groups -OCH3 is 1. The summed E-state index contributed by atoms with van der Waals surface area (Å²) in [4.78, 5) is 4.26. The van der Waals surface area contributed by atoms with Gasteiger partial charge in [0.25, 0.3) is 0 Å². The van der Waals surface area contributed by atoms with Crippen LogP contribution < -0.4 is 10.1 Å². The van der Waals surface area contributed by atoms with Crippen LogP contribution >= 0.6 is 11.6 Å². The topological polar surface area (TPSA) is 39.1 Å². The highest BCUT2D eigenvalue weighted by Gasteiger charge is 2.21. The van der Waals surface area contributed by atoms with E-state index in [1.165, 1.54) is 6.42 Å². The van der Waals surface area contributed by atoms with Crippen molar-refractivity contribution in [3.05, 3.63) is 41.4 Å². The Balaban J connectivity index is 2.04. The number of aromatic nitrogens is 2. The summed E-state index contributed by atoms with van der Waals surface area (Å²) in [5, 5.41) is 4.17. The number of imidazole rings is 1. The molecule has 1 aromatic carbocycles. The first-order valence-electron chi connectivity index (χ1n) is 6.39. The summed E-state index contributed by atoms with van der Waals surface area (Å²) in [6, 6.07) is 5.99. The first-order valence-corrected chi connectivity index (χ1v) is 6.77. The zero-order valence-electron chi connectivity index (χ0n) is 10.8. The lowest BCUT2D eigenvalue weighted by molar-refractivity contribution is 0.414. The van der Waals surface area contributed by atoms with Crippen molar-refractivity contribution in [3.8, 4) is 11.4 Å². The molecule has 0 radical (unpaired) electrons. The van der Waals surface area contributed by atoms with Crippen molar-refractivity contribution in [2.24, 2.45) is 0 Å². The fraction of sp³-hybridized carbons (Fsp3) is 0.357. The number of benzene rings is 1. The molecule has 1 fully saturated rings. The van der Waals surface area contributed by atoms with Gasteiger partial charge in [-0.2, -0.15) is 0 Å². The third-order valence-electron chi connectivity index (χ3n) is 3.50. The summed E-state index contributed by atoms with van der Waals surface area (Å²) < 4.78 is 7.30. The Hall–Kier alpha value is -1.52. The van der Waals surface area contributed by atoms with Crippen molar-refractivity contribution >= 4 is 11.6 Å². The number of rotatable bonds is 3. The van der Waals surface area contributed by atoms with E-state index in [9.17, 15) is 0 Å². The fourth-order valence-electron chi connectivity index (χ4n) is 2.51. The van der Waals surface area contributed by atoms with E-state index in [-0.39, 0.29) is 0 Å². The molecule has 5 heteroatoms. The Morgan fingerprint density at radius 3 is 3.11 bits per heavy atom. The molecule has 0 aliphatic carbocycles. The van der Waals surface area contributed by atoms with Gasteiger partial charge in [0.2, 0.25) is 0 Å². The molecule has 1 N–H and O–H groups in total. The molecule has 19 heavy (non-hydrogen) atoms. The van der Waals surface area contributed by atoms with Crippen molar-refractivity contribution in [1.82, 2.24) is 14.9 Å². The van der Waals surface area contributed by atoms with Crippen molar-refractivity contribution in [2.45, 2.75) is 18.9 Å². The van der Waals surface area contributed by atoms with Gasteiger partial charge in [-0.25, -0.2) is 4.98 Å². The molecule has 1 atom stereocenters. The summed E-state index contributed by atoms with van der Waals surface area (Å²) >= 11 is 6.30. The van der Waals surface area contributed by atoms with Crippen molar-refractivity contribution < 1.29 is 4.74 Å².